The fourth-order valence-electron chi connectivity index (χ4n) is 3.80. The van der Waals surface area contributed by atoms with E-state index in [-0.39, 0.29) is 0 Å². The molecular weight excluding hydrogens is 374 g/mol. The molecule has 5 rings (SSSR count). The molecule has 3 aromatic carbocycles. The Balaban J connectivity index is 1.61. The molecule has 1 aliphatic heterocycles. The van der Waals surface area contributed by atoms with Gasteiger partial charge in [0.1, 0.15) is 17.1 Å². The summed E-state index contributed by atoms with van der Waals surface area (Å²) in [5.41, 5.74) is 4.16. The van der Waals surface area contributed by atoms with Gasteiger partial charge in [0.05, 0.1) is 18.5 Å². The highest BCUT2D eigenvalue weighted by Gasteiger charge is 2.22. The van der Waals surface area contributed by atoms with E-state index < -0.39 is 0 Å². The molecule has 0 radical (unpaired) electrons. The summed E-state index contributed by atoms with van der Waals surface area (Å²) in [6.07, 6.45) is 0. The Morgan fingerprint density at radius 3 is 2.67 bits per heavy atom. The van der Waals surface area contributed by atoms with Gasteiger partial charge in [-0.15, -0.1) is 0 Å². The highest BCUT2D eigenvalue weighted by atomic mass is 16.5. The fraction of sp³-hybridized carbons (Fsp3) is 0.167. The van der Waals surface area contributed by atoms with Gasteiger partial charge >= 0.3 is 0 Å². The van der Waals surface area contributed by atoms with Gasteiger partial charge in [-0.25, -0.2) is 4.98 Å². The molecule has 0 saturated carbocycles. The lowest BCUT2D eigenvalue weighted by Gasteiger charge is -2.30. The number of hydrogen-bond acceptors (Lipinski definition) is 6. The molecular formula is C24H23N5O. The number of nitrogens with zero attached hydrogens (tertiary/aromatic N) is 3. The smallest absolute Gasteiger partial charge is 0.232 e. The molecule has 1 aliphatic rings. The molecule has 0 spiro atoms. The van der Waals surface area contributed by atoms with Gasteiger partial charge in [-0.3, -0.25) is 0 Å². The zero-order valence-electron chi connectivity index (χ0n) is 16.8. The van der Waals surface area contributed by atoms with E-state index in [4.69, 9.17) is 14.7 Å². The van der Waals surface area contributed by atoms with Crippen molar-refractivity contribution in [1.82, 2.24) is 9.97 Å². The monoisotopic (exact) mass is 397 g/mol. The number of rotatable bonds is 5. The first-order chi connectivity index (χ1) is 14.8. The lowest BCUT2D eigenvalue weighted by molar-refractivity contribution is 0.419. The van der Waals surface area contributed by atoms with Gasteiger partial charge < -0.3 is 20.3 Å². The molecule has 0 amide bonds. The minimum absolute atomic E-state index is 0.663. The van der Waals surface area contributed by atoms with E-state index in [1.807, 2.05) is 48.5 Å². The Kier molecular flexibility index (Phi) is 4.81. The van der Waals surface area contributed by atoms with Gasteiger partial charge in [0.2, 0.25) is 5.95 Å². The van der Waals surface area contributed by atoms with Crippen LogP contribution in [0, 0.1) is 0 Å². The maximum atomic E-state index is 5.61. The molecule has 1 aromatic heterocycles. The van der Waals surface area contributed by atoms with Gasteiger partial charge in [-0.1, -0.05) is 48.5 Å². The average Bonchev–Trinajstić information content (AvgIpc) is 2.82. The fourth-order valence-corrected chi connectivity index (χ4v) is 3.80. The number of hydrogen-bond donors (Lipinski definition) is 2. The quantitative estimate of drug-likeness (QED) is 0.504. The van der Waals surface area contributed by atoms with Crippen LogP contribution < -0.4 is 20.3 Å². The molecule has 150 valence electrons. The van der Waals surface area contributed by atoms with Crippen LogP contribution in [0.3, 0.4) is 0 Å². The molecule has 0 aliphatic carbocycles. The average molecular weight is 397 g/mol. The van der Waals surface area contributed by atoms with E-state index >= 15 is 0 Å². The van der Waals surface area contributed by atoms with Crippen molar-refractivity contribution in [1.29, 1.82) is 0 Å². The maximum absolute atomic E-state index is 5.61. The molecule has 6 heteroatoms. The highest BCUT2D eigenvalue weighted by Crippen LogP contribution is 2.36. The number of benzene rings is 3. The van der Waals surface area contributed by atoms with Gasteiger partial charge in [0.25, 0.3) is 0 Å². The minimum Gasteiger partial charge on any atom is -0.494 e. The number of aromatic nitrogens is 2. The van der Waals surface area contributed by atoms with E-state index in [9.17, 15) is 0 Å². The van der Waals surface area contributed by atoms with Gasteiger partial charge in [0.15, 0.2) is 0 Å². The summed E-state index contributed by atoms with van der Waals surface area (Å²) in [5.74, 6) is 2.20. The van der Waals surface area contributed by atoms with Crippen LogP contribution in [0.2, 0.25) is 0 Å². The molecule has 2 N–H and O–H groups in total. The third kappa shape index (κ3) is 3.37. The maximum Gasteiger partial charge on any atom is 0.232 e. The van der Waals surface area contributed by atoms with Gasteiger partial charge in [0, 0.05) is 25.0 Å². The van der Waals surface area contributed by atoms with Crippen LogP contribution in [0.5, 0.6) is 5.75 Å². The summed E-state index contributed by atoms with van der Waals surface area (Å²) in [4.78, 5) is 12.0. The van der Waals surface area contributed by atoms with Crippen LogP contribution in [0.1, 0.15) is 5.56 Å². The minimum atomic E-state index is 0.663. The van der Waals surface area contributed by atoms with Crippen LogP contribution >= 0.6 is 0 Å². The van der Waals surface area contributed by atoms with Crippen LogP contribution in [-0.4, -0.2) is 30.2 Å². The topological polar surface area (TPSA) is 62.3 Å². The van der Waals surface area contributed by atoms with Crippen molar-refractivity contribution in [3.63, 3.8) is 0 Å². The second-order valence-corrected chi connectivity index (χ2v) is 7.16. The molecule has 0 bridgehead atoms. The molecule has 0 fully saturated rings. The molecule has 0 atom stereocenters. The third-order valence-electron chi connectivity index (χ3n) is 5.29. The third-order valence-corrected chi connectivity index (χ3v) is 5.29. The number of nitrogens with one attached hydrogen (secondary N) is 2. The number of fused-ring (bicyclic) bond motifs is 2. The van der Waals surface area contributed by atoms with Gasteiger partial charge in [-0.2, -0.15) is 4.98 Å². The Bertz CT molecular complexity index is 1180. The Morgan fingerprint density at radius 2 is 1.80 bits per heavy atom. The first-order valence-electron chi connectivity index (χ1n) is 10.1. The summed E-state index contributed by atoms with van der Waals surface area (Å²) >= 11 is 0. The largest absolute Gasteiger partial charge is 0.494 e. The molecule has 6 nitrogen and oxygen atoms in total. The van der Waals surface area contributed by atoms with E-state index in [1.165, 1.54) is 5.56 Å². The summed E-state index contributed by atoms with van der Waals surface area (Å²) in [7, 11) is 1.67. The van der Waals surface area contributed by atoms with Gasteiger partial charge in [-0.05, 0) is 29.8 Å². The first-order valence-corrected chi connectivity index (χ1v) is 10.1. The number of anilines is 4. The highest BCUT2D eigenvalue weighted by molar-refractivity contribution is 5.94. The van der Waals surface area contributed by atoms with Crippen molar-refractivity contribution in [2.75, 3.05) is 35.7 Å². The lowest BCUT2D eigenvalue weighted by Crippen LogP contribution is -2.31. The van der Waals surface area contributed by atoms with Crippen molar-refractivity contribution < 1.29 is 4.74 Å². The van der Waals surface area contributed by atoms with E-state index in [0.29, 0.717) is 12.5 Å². The van der Waals surface area contributed by atoms with Crippen molar-refractivity contribution in [2.24, 2.45) is 0 Å². The number of methoxy groups -OCH3 is 1. The van der Waals surface area contributed by atoms with Crippen LogP contribution in [0.4, 0.5) is 23.1 Å². The Labute approximate surface area is 175 Å². The van der Waals surface area contributed by atoms with E-state index in [0.717, 1.165) is 46.9 Å². The second-order valence-electron chi connectivity index (χ2n) is 7.16. The second kappa shape index (κ2) is 7.91. The zero-order valence-corrected chi connectivity index (χ0v) is 16.8. The molecule has 4 aromatic rings. The summed E-state index contributed by atoms with van der Waals surface area (Å²) in [5, 5.41) is 7.90. The van der Waals surface area contributed by atoms with Crippen molar-refractivity contribution in [3.8, 4) is 5.75 Å². The van der Waals surface area contributed by atoms with Crippen LogP contribution in [-0.2, 0) is 6.54 Å². The molecule has 0 unspecified atom stereocenters. The predicted octanol–water partition coefficient (Wildman–Crippen LogP) is 4.81. The SMILES string of the molecule is COc1cccc2c(NCc3ccccc3)nc(N3CCNc4ccccc43)nc12. The zero-order chi connectivity index (χ0) is 20.3. The summed E-state index contributed by atoms with van der Waals surface area (Å²) < 4.78 is 5.61. The first kappa shape index (κ1) is 18.2. The van der Waals surface area contributed by atoms with Crippen LogP contribution in [0.25, 0.3) is 10.9 Å². The summed E-state index contributed by atoms with van der Waals surface area (Å²) in [6, 6.07) is 24.5. The van der Waals surface area contributed by atoms with Crippen molar-refractivity contribution in [3.05, 3.63) is 78.4 Å². The molecule has 30 heavy (non-hydrogen) atoms. The van der Waals surface area contributed by atoms with Crippen molar-refractivity contribution >= 4 is 34.0 Å². The normalized spacial score (nSPS) is 12.9. The van der Waals surface area contributed by atoms with Crippen LogP contribution in [0.15, 0.2) is 72.8 Å². The molecule has 2 heterocycles. The van der Waals surface area contributed by atoms with E-state index in [2.05, 4.69) is 39.8 Å². The predicted molar refractivity (Wildman–Crippen MR) is 122 cm³/mol. The Hall–Kier alpha value is -3.80. The lowest BCUT2D eigenvalue weighted by atomic mass is 10.2. The number of ether oxygens (including phenoxy) is 1. The number of para-hydroxylation sites is 3. The van der Waals surface area contributed by atoms with Crippen molar-refractivity contribution in [2.45, 2.75) is 6.54 Å². The molecule has 0 saturated heterocycles. The standard InChI is InChI=1S/C24H23N5O/c1-30-21-13-7-10-18-22(21)27-24(28-23(18)26-16-17-8-3-2-4-9-17)29-15-14-25-19-11-5-6-12-20(19)29/h2-13,25H,14-16H2,1H3,(H,26,27,28). The Morgan fingerprint density at radius 1 is 0.967 bits per heavy atom. The van der Waals surface area contributed by atoms with E-state index in [1.54, 1.807) is 7.11 Å². The summed E-state index contributed by atoms with van der Waals surface area (Å²) in [6.45, 7) is 2.30.